The van der Waals surface area contributed by atoms with Crippen LogP contribution in [0.25, 0.3) is 0 Å². The van der Waals surface area contributed by atoms with Gasteiger partial charge in [0.05, 0.1) is 0 Å². The summed E-state index contributed by atoms with van der Waals surface area (Å²) in [6, 6.07) is 0. The molecule has 0 heterocycles. The van der Waals surface area contributed by atoms with Gasteiger partial charge in [-0.05, 0) is 12.8 Å². The van der Waals surface area contributed by atoms with Gasteiger partial charge in [0.1, 0.15) is 11.9 Å². The van der Waals surface area contributed by atoms with Crippen LogP contribution in [0.4, 0.5) is 0 Å². The largest absolute Gasteiger partial charge is 0.337 e. The molecular formula is C10H21O4P. The van der Waals surface area contributed by atoms with Crippen LogP contribution in [0.5, 0.6) is 0 Å². The molecule has 0 rings (SSSR count). The lowest BCUT2D eigenvalue weighted by Gasteiger charge is -2.17. The van der Waals surface area contributed by atoms with E-state index in [1.165, 1.54) is 14.2 Å². The van der Waals surface area contributed by atoms with E-state index in [9.17, 15) is 9.36 Å². The van der Waals surface area contributed by atoms with Crippen LogP contribution in [0.1, 0.15) is 33.1 Å². The van der Waals surface area contributed by atoms with E-state index in [1.807, 2.05) is 13.8 Å². The van der Waals surface area contributed by atoms with Gasteiger partial charge in [-0.25, -0.2) is 0 Å². The first-order valence-electron chi connectivity index (χ1n) is 5.26. The van der Waals surface area contributed by atoms with E-state index < -0.39 is 7.60 Å². The Morgan fingerprint density at radius 1 is 1.27 bits per heavy atom. The maximum Gasteiger partial charge on any atom is 0.337 e. The van der Waals surface area contributed by atoms with Gasteiger partial charge in [-0.15, -0.1) is 0 Å². The van der Waals surface area contributed by atoms with Gasteiger partial charge >= 0.3 is 7.60 Å². The summed E-state index contributed by atoms with van der Waals surface area (Å²) in [6.45, 7) is 3.99. The van der Waals surface area contributed by atoms with Crippen LogP contribution in [0.3, 0.4) is 0 Å². The summed E-state index contributed by atoms with van der Waals surface area (Å²) in [5.74, 6) is -0.0417. The molecule has 0 aliphatic rings. The van der Waals surface area contributed by atoms with Crippen molar-refractivity contribution in [3.63, 3.8) is 0 Å². The first-order valence-corrected chi connectivity index (χ1v) is 6.99. The fourth-order valence-electron chi connectivity index (χ4n) is 1.46. The summed E-state index contributed by atoms with van der Waals surface area (Å²) >= 11 is 0. The highest BCUT2D eigenvalue weighted by molar-refractivity contribution is 7.54. The van der Waals surface area contributed by atoms with Crippen molar-refractivity contribution >= 4 is 13.4 Å². The maximum absolute atomic E-state index is 11.8. The Hall–Kier alpha value is -0.180. The van der Waals surface area contributed by atoms with Crippen molar-refractivity contribution in [2.75, 3.05) is 20.4 Å². The molecule has 0 fully saturated rings. The summed E-state index contributed by atoms with van der Waals surface area (Å²) in [4.78, 5) is 11.8. The summed E-state index contributed by atoms with van der Waals surface area (Å²) in [7, 11) is -0.570. The first kappa shape index (κ1) is 14.8. The summed E-state index contributed by atoms with van der Waals surface area (Å²) < 4.78 is 21.2. The molecule has 90 valence electrons. The first-order chi connectivity index (χ1) is 7.02. The molecule has 0 bridgehead atoms. The number of rotatable bonds is 8. The molecule has 15 heavy (non-hydrogen) atoms. The van der Waals surface area contributed by atoms with Gasteiger partial charge in [0, 0.05) is 20.1 Å². The minimum Gasteiger partial charge on any atom is -0.312 e. The highest BCUT2D eigenvalue weighted by Gasteiger charge is 2.28. The molecule has 0 spiro atoms. The predicted molar refractivity (Wildman–Crippen MR) is 60.2 cm³/mol. The molecule has 0 aromatic rings. The number of Topliss-reactive ketones (excluding diaryl/α,β-unsaturated/α-hetero) is 1. The minimum absolute atomic E-state index is 0.0198. The molecule has 4 nitrogen and oxygen atoms in total. The van der Waals surface area contributed by atoms with Crippen LogP contribution in [-0.4, -0.2) is 26.2 Å². The molecule has 0 aliphatic heterocycles. The molecule has 0 aromatic heterocycles. The monoisotopic (exact) mass is 236 g/mol. The second kappa shape index (κ2) is 7.15. The van der Waals surface area contributed by atoms with E-state index in [0.29, 0.717) is 0 Å². The lowest BCUT2D eigenvalue weighted by Crippen LogP contribution is -2.18. The average molecular weight is 236 g/mol. The van der Waals surface area contributed by atoms with E-state index in [0.717, 1.165) is 19.3 Å². The van der Waals surface area contributed by atoms with Crippen LogP contribution in [0.15, 0.2) is 0 Å². The van der Waals surface area contributed by atoms with E-state index >= 15 is 0 Å². The van der Waals surface area contributed by atoms with Crippen LogP contribution in [0.2, 0.25) is 0 Å². The molecule has 1 atom stereocenters. The van der Waals surface area contributed by atoms with Gasteiger partial charge in [-0.1, -0.05) is 20.3 Å². The molecule has 0 saturated heterocycles. The number of carbonyl (C=O) groups is 1. The second-order valence-corrected chi connectivity index (χ2v) is 5.76. The van der Waals surface area contributed by atoms with Gasteiger partial charge in [-0.3, -0.25) is 9.36 Å². The Kier molecular flexibility index (Phi) is 7.07. The summed E-state index contributed by atoms with van der Waals surface area (Å²) in [5, 5.41) is 0. The standard InChI is InChI=1S/C10H21O4P/c1-5-7-9(6-2)10(11)8-15(12,13-3)14-4/h9H,5-8H2,1-4H3. The quantitative estimate of drug-likeness (QED) is 0.608. The summed E-state index contributed by atoms with van der Waals surface area (Å²) in [5.41, 5.74) is 0. The topological polar surface area (TPSA) is 52.6 Å². The molecule has 0 saturated carbocycles. The molecule has 0 radical (unpaired) electrons. The van der Waals surface area contributed by atoms with Gasteiger partial charge in [0.15, 0.2) is 0 Å². The minimum atomic E-state index is -3.18. The van der Waals surface area contributed by atoms with Crippen molar-refractivity contribution in [3.05, 3.63) is 0 Å². The van der Waals surface area contributed by atoms with Gasteiger partial charge in [0.2, 0.25) is 0 Å². The van der Waals surface area contributed by atoms with Crippen molar-refractivity contribution in [3.8, 4) is 0 Å². The van der Waals surface area contributed by atoms with Crippen molar-refractivity contribution in [1.29, 1.82) is 0 Å². The summed E-state index contributed by atoms with van der Waals surface area (Å²) in [6.07, 6.45) is 2.45. The highest BCUT2D eigenvalue weighted by Crippen LogP contribution is 2.46. The van der Waals surface area contributed by atoms with Gasteiger partial charge in [0.25, 0.3) is 0 Å². The van der Waals surface area contributed by atoms with E-state index in [-0.39, 0.29) is 17.9 Å². The third-order valence-corrected chi connectivity index (χ3v) is 4.30. The van der Waals surface area contributed by atoms with Crippen molar-refractivity contribution in [2.45, 2.75) is 33.1 Å². The Balaban J connectivity index is 4.38. The smallest absolute Gasteiger partial charge is 0.312 e. The zero-order chi connectivity index (χ0) is 11.9. The number of hydrogen-bond donors (Lipinski definition) is 0. The Bertz CT molecular complexity index is 232. The fourth-order valence-corrected chi connectivity index (χ4v) is 2.51. The van der Waals surface area contributed by atoms with Crippen LogP contribution in [-0.2, 0) is 18.4 Å². The van der Waals surface area contributed by atoms with E-state index in [4.69, 9.17) is 9.05 Å². The third-order valence-electron chi connectivity index (χ3n) is 2.49. The molecule has 0 aromatic carbocycles. The molecule has 5 heteroatoms. The van der Waals surface area contributed by atoms with Gasteiger partial charge < -0.3 is 9.05 Å². The number of hydrogen-bond acceptors (Lipinski definition) is 4. The zero-order valence-corrected chi connectivity index (χ0v) is 10.9. The molecule has 0 amide bonds. The molecule has 0 aliphatic carbocycles. The van der Waals surface area contributed by atoms with Crippen molar-refractivity contribution < 1.29 is 18.4 Å². The van der Waals surface area contributed by atoms with E-state index in [1.54, 1.807) is 0 Å². The van der Waals surface area contributed by atoms with Crippen molar-refractivity contribution in [2.24, 2.45) is 5.92 Å². The lowest BCUT2D eigenvalue weighted by atomic mass is 9.97. The van der Waals surface area contributed by atoms with Crippen molar-refractivity contribution in [1.82, 2.24) is 0 Å². The zero-order valence-electron chi connectivity index (χ0n) is 9.99. The number of carbonyl (C=O) groups excluding carboxylic acids is 1. The molecule has 0 N–H and O–H groups in total. The SMILES string of the molecule is CCCC(CC)C(=O)CP(=O)(OC)OC. The Labute approximate surface area is 91.9 Å². The number of ketones is 1. The third kappa shape index (κ3) is 4.92. The molecular weight excluding hydrogens is 215 g/mol. The predicted octanol–water partition coefficient (Wildman–Crippen LogP) is 2.87. The van der Waals surface area contributed by atoms with Crippen LogP contribution < -0.4 is 0 Å². The second-order valence-electron chi connectivity index (χ2n) is 3.49. The maximum atomic E-state index is 11.8. The fraction of sp³-hybridized carbons (Fsp3) is 0.900. The van der Waals surface area contributed by atoms with Crippen LogP contribution in [0, 0.1) is 5.92 Å². The lowest BCUT2D eigenvalue weighted by molar-refractivity contribution is -0.120. The Morgan fingerprint density at radius 2 is 1.80 bits per heavy atom. The average Bonchev–Trinajstić information content (AvgIpc) is 2.25. The van der Waals surface area contributed by atoms with E-state index in [2.05, 4.69) is 0 Å². The van der Waals surface area contributed by atoms with Gasteiger partial charge in [-0.2, -0.15) is 0 Å². The molecule has 1 unspecified atom stereocenters. The highest BCUT2D eigenvalue weighted by atomic mass is 31.2. The van der Waals surface area contributed by atoms with Crippen LogP contribution >= 0.6 is 7.60 Å². The Morgan fingerprint density at radius 3 is 2.13 bits per heavy atom. The normalized spacial score (nSPS) is 13.9.